The molecule has 0 atom stereocenters. The Balaban J connectivity index is 2.10. The van der Waals surface area contributed by atoms with Crippen LogP contribution in [0.1, 0.15) is 30.2 Å². The topological polar surface area (TPSA) is 61.2 Å². The number of carbonyl (C=O) groups is 1. The van der Waals surface area contributed by atoms with Gasteiger partial charge >= 0.3 is 12.1 Å². The third-order valence-corrected chi connectivity index (χ3v) is 4.40. The average Bonchev–Trinajstić information content (AvgIpc) is 2.69. The maximum absolute atomic E-state index is 13.1. The number of nitrogens with zero attached hydrogens (tertiary/aromatic N) is 2. The molecule has 0 fully saturated rings. The summed E-state index contributed by atoms with van der Waals surface area (Å²) in [6.07, 6.45) is -4.62. The highest BCUT2D eigenvalue weighted by atomic mass is 19.4. The second kappa shape index (κ2) is 8.46. The van der Waals surface area contributed by atoms with E-state index in [2.05, 4.69) is 4.98 Å². The second-order valence-corrected chi connectivity index (χ2v) is 6.44. The standard InChI is InChI=1S/C21H19F3N2O3/c1-2-29-19(27)11-9-16-20(28)26(13-14-6-4-3-5-7-14)18-10-8-15(21(22,23)24)12-17(18)25-16/h3-8,10,12H,2,9,11,13H2,1H3. The number of benzene rings is 2. The smallest absolute Gasteiger partial charge is 0.416 e. The number of carbonyl (C=O) groups excluding carboxylic acids is 1. The van der Waals surface area contributed by atoms with Crippen molar-refractivity contribution < 1.29 is 22.7 Å². The number of rotatable bonds is 6. The molecule has 3 rings (SSSR count). The Bertz CT molecular complexity index is 1080. The van der Waals surface area contributed by atoms with Crippen LogP contribution in [0.3, 0.4) is 0 Å². The van der Waals surface area contributed by atoms with Crippen LogP contribution in [-0.2, 0) is 28.7 Å². The molecule has 1 aromatic heterocycles. The van der Waals surface area contributed by atoms with Crippen LogP contribution < -0.4 is 5.56 Å². The van der Waals surface area contributed by atoms with Crippen LogP contribution in [0, 0.1) is 0 Å². The molecule has 0 unspecified atom stereocenters. The number of fused-ring (bicyclic) bond motifs is 1. The van der Waals surface area contributed by atoms with Gasteiger partial charge in [0.05, 0.1) is 36.2 Å². The number of alkyl halides is 3. The average molecular weight is 404 g/mol. The monoisotopic (exact) mass is 404 g/mol. The van der Waals surface area contributed by atoms with Gasteiger partial charge in [0.25, 0.3) is 5.56 Å². The van der Waals surface area contributed by atoms with Crippen molar-refractivity contribution in [1.82, 2.24) is 9.55 Å². The molecule has 0 aliphatic heterocycles. The van der Waals surface area contributed by atoms with Gasteiger partial charge in [-0.15, -0.1) is 0 Å². The number of aryl methyl sites for hydroxylation is 1. The highest BCUT2D eigenvalue weighted by Crippen LogP contribution is 2.31. The minimum atomic E-state index is -4.53. The van der Waals surface area contributed by atoms with Gasteiger partial charge in [-0.3, -0.25) is 9.59 Å². The van der Waals surface area contributed by atoms with Crippen molar-refractivity contribution in [2.24, 2.45) is 0 Å². The maximum Gasteiger partial charge on any atom is 0.416 e. The molecule has 29 heavy (non-hydrogen) atoms. The molecule has 0 radical (unpaired) electrons. The van der Waals surface area contributed by atoms with Crippen molar-refractivity contribution in [2.45, 2.75) is 32.5 Å². The van der Waals surface area contributed by atoms with Crippen LogP contribution in [0.5, 0.6) is 0 Å². The fourth-order valence-electron chi connectivity index (χ4n) is 3.02. The van der Waals surface area contributed by atoms with Crippen LogP contribution in [0.15, 0.2) is 53.3 Å². The lowest BCUT2D eigenvalue weighted by Gasteiger charge is -2.14. The highest BCUT2D eigenvalue weighted by molar-refractivity contribution is 5.76. The summed E-state index contributed by atoms with van der Waals surface area (Å²) in [4.78, 5) is 28.8. The first-order valence-corrected chi connectivity index (χ1v) is 9.10. The highest BCUT2D eigenvalue weighted by Gasteiger charge is 2.31. The first-order valence-electron chi connectivity index (χ1n) is 9.10. The summed E-state index contributed by atoms with van der Waals surface area (Å²) in [6.45, 7) is 2.05. The molecule has 1 heterocycles. The quantitative estimate of drug-likeness (QED) is 0.584. The number of esters is 1. The van der Waals surface area contributed by atoms with Crippen molar-refractivity contribution in [3.8, 4) is 0 Å². The zero-order valence-corrected chi connectivity index (χ0v) is 15.7. The van der Waals surface area contributed by atoms with Gasteiger partial charge in [-0.1, -0.05) is 30.3 Å². The Morgan fingerprint density at radius 2 is 1.86 bits per heavy atom. The lowest BCUT2D eigenvalue weighted by atomic mass is 10.1. The lowest BCUT2D eigenvalue weighted by Crippen LogP contribution is -2.27. The van der Waals surface area contributed by atoms with Crippen molar-refractivity contribution >= 4 is 17.0 Å². The molecule has 3 aromatic rings. The Kier molecular flexibility index (Phi) is 6.00. The van der Waals surface area contributed by atoms with Crippen molar-refractivity contribution in [2.75, 3.05) is 6.61 Å². The van der Waals surface area contributed by atoms with Crippen LogP contribution in [0.4, 0.5) is 13.2 Å². The number of aromatic nitrogens is 2. The molecule has 152 valence electrons. The molecule has 0 aliphatic rings. The molecule has 8 heteroatoms. The zero-order valence-electron chi connectivity index (χ0n) is 15.7. The molecule has 0 amide bonds. The lowest BCUT2D eigenvalue weighted by molar-refractivity contribution is -0.143. The Morgan fingerprint density at radius 1 is 1.14 bits per heavy atom. The molecule has 0 saturated heterocycles. The summed E-state index contributed by atoms with van der Waals surface area (Å²) in [5.74, 6) is -0.493. The van der Waals surface area contributed by atoms with Gasteiger partial charge in [-0.25, -0.2) is 4.98 Å². The molecular formula is C21H19F3N2O3. The minimum absolute atomic E-state index is 0.0152. The summed E-state index contributed by atoms with van der Waals surface area (Å²) in [5.41, 5.74) is -0.0933. The van der Waals surface area contributed by atoms with Gasteiger partial charge in [-0.05, 0) is 30.7 Å². The van der Waals surface area contributed by atoms with E-state index in [1.165, 1.54) is 10.6 Å². The summed E-state index contributed by atoms with van der Waals surface area (Å²) in [5, 5.41) is 0. The van der Waals surface area contributed by atoms with E-state index in [1.807, 2.05) is 30.3 Å². The SMILES string of the molecule is CCOC(=O)CCc1nc2cc(C(F)(F)F)ccc2n(Cc2ccccc2)c1=O. The number of hydrogen-bond donors (Lipinski definition) is 0. The van der Waals surface area contributed by atoms with Crippen LogP contribution >= 0.6 is 0 Å². The Labute approximate surface area is 164 Å². The van der Waals surface area contributed by atoms with E-state index in [-0.39, 0.29) is 37.2 Å². The molecule has 0 bridgehead atoms. The van der Waals surface area contributed by atoms with Crippen LogP contribution in [-0.4, -0.2) is 22.1 Å². The molecule has 0 N–H and O–H groups in total. The number of halogens is 3. The molecule has 0 saturated carbocycles. The van der Waals surface area contributed by atoms with E-state index >= 15 is 0 Å². The fourth-order valence-corrected chi connectivity index (χ4v) is 3.02. The second-order valence-electron chi connectivity index (χ2n) is 6.44. The molecule has 2 aromatic carbocycles. The molecular weight excluding hydrogens is 385 g/mol. The summed E-state index contributed by atoms with van der Waals surface area (Å²) < 4.78 is 45.6. The maximum atomic E-state index is 13.1. The van der Waals surface area contributed by atoms with Gasteiger partial charge in [0.2, 0.25) is 0 Å². The predicted octanol–water partition coefficient (Wildman–Crippen LogP) is 3.96. The third kappa shape index (κ3) is 4.82. The van der Waals surface area contributed by atoms with Crippen LogP contribution in [0.25, 0.3) is 11.0 Å². The van der Waals surface area contributed by atoms with Crippen molar-refractivity contribution in [3.63, 3.8) is 0 Å². The summed E-state index contributed by atoms with van der Waals surface area (Å²) >= 11 is 0. The van der Waals surface area contributed by atoms with Crippen molar-refractivity contribution in [1.29, 1.82) is 0 Å². The van der Waals surface area contributed by atoms with E-state index in [9.17, 15) is 22.8 Å². The van der Waals surface area contributed by atoms with E-state index in [0.717, 1.165) is 17.7 Å². The predicted molar refractivity (Wildman–Crippen MR) is 102 cm³/mol. The third-order valence-electron chi connectivity index (χ3n) is 4.40. The van der Waals surface area contributed by atoms with Gasteiger partial charge in [-0.2, -0.15) is 13.2 Å². The number of ether oxygens (including phenoxy) is 1. The van der Waals surface area contributed by atoms with Crippen molar-refractivity contribution in [3.05, 3.63) is 75.7 Å². The van der Waals surface area contributed by atoms with Gasteiger partial charge in [0.15, 0.2) is 0 Å². The van der Waals surface area contributed by atoms with Crippen LogP contribution in [0.2, 0.25) is 0 Å². The minimum Gasteiger partial charge on any atom is -0.466 e. The largest absolute Gasteiger partial charge is 0.466 e. The molecule has 5 nitrogen and oxygen atoms in total. The molecule has 0 spiro atoms. The Morgan fingerprint density at radius 3 is 2.52 bits per heavy atom. The molecule has 0 aliphatic carbocycles. The zero-order chi connectivity index (χ0) is 21.0. The first kappa shape index (κ1) is 20.6. The number of hydrogen-bond acceptors (Lipinski definition) is 4. The fraction of sp³-hybridized carbons (Fsp3) is 0.286. The first-order chi connectivity index (χ1) is 13.8. The van der Waals surface area contributed by atoms with E-state index < -0.39 is 23.3 Å². The summed E-state index contributed by atoms with van der Waals surface area (Å²) in [7, 11) is 0. The van der Waals surface area contributed by atoms with E-state index in [1.54, 1.807) is 6.92 Å². The normalized spacial score (nSPS) is 11.6. The van der Waals surface area contributed by atoms with Gasteiger partial charge in [0, 0.05) is 6.42 Å². The van der Waals surface area contributed by atoms with Gasteiger partial charge < -0.3 is 9.30 Å². The van der Waals surface area contributed by atoms with Gasteiger partial charge in [0.1, 0.15) is 5.69 Å². The van der Waals surface area contributed by atoms with E-state index in [4.69, 9.17) is 4.74 Å². The summed E-state index contributed by atoms with van der Waals surface area (Å²) in [6, 6.07) is 12.2. The van der Waals surface area contributed by atoms with E-state index in [0.29, 0.717) is 5.52 Å². The Hall–Kier alpha value is -3.16.